The molecule has 1 aliphatic carbocycles. The number of benzene rings is 1. The van der Waals surface area contributed by atoms with E-state index in [2.05, 4.69) is 10.6 Å². The van der Waals surface area contributed by atoms with Crippen LogP contribution in [0.2, 0.25) is 5.02 Å². The third-order valence-electron chi connectivity index (χ3n) is 3.16. The zero-order valence-electron chi connectivity index (χ0n) is 12.2. The van der Waals surface area contributed by atoms with E-state index in [1.807, 2.05) is 12.1 Å². The van der Waals surface area contributed by atoms with E-state index >= 15 is 0 Å². The largest absolute Gasteiger partial charge is 0.482 e. The summed E-state index contributed by atoms with van der Waals surface area (Å²) in [4.78, 5) is 11.5. The monoisotopic (exact) mass is 312 g/mol. The highest BCUT2D eigenvalue weighted by molar-refractivity contribution is 6.32. The number of carbonyl (C=O) groups is 1. The van der Waals surface area contributed by atoms with Crippen molar-refractivity contribution in [1.82, 2.24) is 10.6 Å². The van der Waals surface area contributed by atoms with Crippen LogP contribution in [0.25, 0.3) is 0 Å². The first-order valence-electron chi connectivity index (χ1n) is 7.09. The summed E-state index contributed by atoms with van der Waals surface area (Å²) in [5, 5.41) is 6.63. The van der Waals surface area contributed by atoms with E-state index in [0.29, 0.717) is 30.0 Å². The first-order chi connectivity index (χ1) is 10.2. The summed E-state index contributed by atoms with van der Waals surface area (Å²) in [6, 6.07) is 6.29. The van der Waals surface area contributed by atoms with E-state index in [0.717, 1.165) is 12.1 Å². The highest BCUT2D eigenvalue weighted by Gasteiger charge is 2.20. The fraction of sp³-hybridized carbons (Fsp3) is 0.533. The molecule has 2 rings (SSSR count). The van der Waals surface area contributed by atoms with Gasteiger partial charge in [-0.15, -0.1) is 0 Å². The lowest BCUT2D eigenvalue weighted by atomic mass is 10.2. The van der Waals surface area contributed by atoms with Crippen molar-refractivity contribution in [2.75, 3.05) is 26.9 Å². The molecule has 1 aromatic rings. The van der Waals surface area contributed by atoms with Gasteiger partial charge in [0, 0.05) is 26.2 Å². The van der Waals surface area contributed by atoms with Gasteiger partial charge >= 0.3 is 0 Å². The quantitative estimate of drug-likeness (QED) is 0.682. The van der Waals surface area contributed by atoms with Crippen LogP contribution in [0.1, 0.15) is 18.4 Å². The molecular formula is C15H21ClN2O3. The lowest BCUT2D eigenvalue weighted by Gasteiger charge is -2.10. The molecule has 2 N–H and O–H groups in total. The van der Waals surface area contributed by atoms with Gasteiger partial charge in [-0.2, -0.15) is 0 Å². The number of amides is 1. The molecule has 1 amide bonds. The Morgan fingerprint density at radius 3 is 2.90 bits per heavy atom. The van der Waals surface area contributed by atoms with Crippen LogP contribution in [0, 0.1) is 0 Å². The average Bonchev–Trinajstić information content (AvgIpc) is 3.28. The summed E-state index contributed by atoms with van der Waals surface area (Å²) in [6.45, 7) is 1.71. The lowest BCUT2D eigenvalue weighted by Crippen LogP contribution is -2.31. The Hall–Kier alpha value is -1.30. The Morgan fingerprint density at radius 2 is 2.24 bits per heavy atom. The van der Waals surface area contributed by atoms with Gasteiger partial charge in [0.15, 0.2) is 6.61 Å². The topological polar surface area (TPSA) is 59.6 Å². The second-order valence-electron chi connectivity index (χ2n) is 5.05. The van der Waals surface area contributed by atoms with Gasteiger partial charge in [0.05, 0.1) is 11.6 Å². The molecule has 0 unspecified atom stereocenters. The molecule has 6 heteroatoms. The van der Waals surface area contributed by atoms with Crippen LogP contribution in [-0.4, -0.2) is 38.8 Å². The minimum Gasteiger partial charge on any atom is -0.482 e. The van der Waals surface area contributed by atoms with Crippen LogP contribution in [0.5, 0.6) is 5.75 Å². The van der Waals surface area contributed by atoms with E-state index in [1.54, 1.807) is 13.2 Å². The van der Waals surface area contributed by atoms with E-state index in [9.17, 15) is 4.79 Å². The van der Waals surface area contributed by atoms with Crippen molar-refractivity contribution in [2.24, 2.45) is 0 Å². The van der Waals surface area contributed by atoms with Gasteiger partial charge in [-0.1, -0.05) is 17.7 Å². The van der Waals surface area contributed by atoms with Crippen LogP contribution >= 0.6 is 11.6 Å². The minimum absolute atomic E-state index is 0.0525. The molecule has 1 fully saturated rings. The number of methoxy groups -OCH3 is 1. The van der Waals surface area contributed by atoms with Gasteiger partial charge < -0.3 is 20.1 Å². The Bertz CT molecular complexity index is 478. The van der Waals surface area contributed by atoms with Crippen LogP contribution in [0.3, 0.4) is 0 Å². The molecule has 1 aliphatic rings. The molecule has 0 radical (unpaired) electrons. The van der Waals surface area contributed by atoms with E-state index < -0.39 is 0 Å². The van der Waals surface area contributed by atoms with Crippen LogP contribution in [0.4, 0.5) is 0 Å². The molecule has 0 saturated heterocycles. The highest BCUT2D eigenvalue weighted by atomic mass is 35.5. The second kappa shape index (κ2) is 8.22. The molecule has 1 saturated carbocycles. The van der Waals surface area contributed by atoms with Crippen LogP contribution < -0.4 is 15.4 Å². The van der Waals surface area contributed by atoms with Crippen molar-refractivity contribution in [3.05, 3.63) is 28.8 Å². The van der Waals surface area contributed by atoms with Gasteiger partial charge in [-0.05, 0) is 30.5 Å². The first-order valence-corrected chi connectivity index (χ1v) is 7.47. The molecule has 0 bridgehead atoms. The normalized spacial score (nSPS) is 14.0. The van der Waals surface area contributed by atoms with Gasteiger partial charge in [0.1, 0.15) is 5.75 Å². The fourth-order valence-electron chi connectivity index (χ4n) is 1.81. The molecule has 21 heavy (non-hydrogen) atoms. The molecule has 0 atom stereocenters. The maximum Gasteiger partial charge on any atom is 0.258 e. The number of halogens is 1. The zero-order valence-corrected chi connectivity index (χ0v) is 12.9. The minimum atomic E-state index is -0.192. The van der Waals surface area contributed by atoms with Crippen LogP contribution in [0.15, 0.2) is 18.2 Å². The summed E-state index contributed by atoms with van der Waals surface area (Å²) in [5.74, 6) is 0.330. The predicted octanol–water partition coefficient (Wildman–Crippen LogP) is 1.73. The molecule has 0 spiro atoms. The number of carbonyl (C=O) groups excluding carboxylic acids is 1. The van der Waals surface area contributed by atoms with E-state index in [1.165, 1.54) is 12.8 Å². The highest BCUT2D eigenvalue weighted by Crippen LogP contribution is 2.26. The van der Waals surface area contributed by atoms with Gasteiger partial charge in [-0.3, -0.25) is 4.79 Å². The van der Waals surface area contributed by atoms with Crippen molar-refractivity contribution in [3.8, 4) is 5.75 Å². The smallest absolute Gasteiger partial charge is 0.258 e. The van der Waals surface area contributed by atoms with Crippen molar-refractivity contribution in [2.45, 2.75) is 25.4 Å². The van der Waals surface area contributed by atoms with Crippen molar-refractivity contribution in [3.63, 3.8) is 0 Å². The summed E-state index contributed by atoms with van der Waals surface area (Å²) in [6.07, 6.45) is 2.51. The Morgan fingerprint density at radius 1 is 1.43 bits per heavy atom. The maximum absolute atomic E-state index is 11.5. The molecule has 1 aromatic carbocycles. The lowest BCUT2D eigenvalue weighted by molar-refractivity contribution is -0.123. The Balaban J connectivity index is 1.75. The third-order valence-corrected chi connectivity index (χ3v) is 3.45. The van der Waals surface area contributed by atoms with Gasteiger partial charge in [0.2, 0.25) is 0 Å². The standard InChI is InChI=1S/C15H21ClN2O3/c1-20-7-6-17-15(19)10-21-14-5-2-11(8-13(14)16)9-18-12-3-4-12/h2,5,8,12,18H,3-4,6-7,9-10H2,1H3,(H,17,19). The molecule has 0 heterocycles. The number of hydrogen-bond acceptors (Lipinski definition) is 4. The molecule has 5 nitrogen and oxygen atoms in total. The zero-order chi connectivity index (χ0) is 15.1. The van der Waals surface area contributed by atoms with Gasteiger partial charge in [-0.25, -0.2) is 0 Å². The maximum atomic E-state index is 11.5. The second-order valence-corrected chi connectivity index (χ2v) is 5.46. The summed E-state index contributed by atoms with van der Waals surface area (Å²) in [7, 11) is 1.59. The van der Waals surface area contributed by atoms with E-state index in [4.69, 9.17) is 21.1 Å². The SMILES string of the molecule is COCCNC(=O)COc1ccc(CNC2CC2)cc1Cl. The Labute approximate surface area is 130 Å². The number of nitrogens with one attached hydrogen (secondary N) is 2. The van der Waals surface area contributed by atoms with E-state index in [-0.39, 0.29) is 12.5 Å². The summed E-state index contributed by atoms with van der Waals surface area (Å²) in [5.41, 5.74) is 1.11. The molecule has 0 aliphatic heterocycles. The summed E-state index contributed by atoms with van der Waals surface area (Å²) >= 11 is 6.17. The third kappa shape index (κ3) is 5.91. The Kier molecular flexibility index (Phi) is 6.29. The number of hydrogen-bond donors (Lipinski definition) is 2. The molecule has 116 valence electrons. The fourth-order valence-corrected chi connectivity index (χ4v) is 2.07. The number of ether oxygens (including phenoxy) is 2. The molecular weight excluding hydrogens is 292 g/mol. The predicted molar refractivity (Wildman–Crippen MR) is 81.7 cm³/mol. The van der Waals surface area contributed by atoms with Crippen molar-refractivity contribution < 1.29 is 14.3 Å². The summed E-state index contributed by atoms with van der Waals surface area (Å²) < 4.78 is 10.3. The van der Waals surface area contributed by atoms with Crippen molar-refractivity contribution >= 4 is 17.5 Å². The first kappa shape index (κ1) is 16.1. The van der Waals surface area contributed by atoms with Crippen molar-refractivity contribution in [1.29, 1.82) is 0 Å². The number of rotatable bonds is 9. The van der Waals surface area contributed by atoms with Crippen LogP contribution in [-0.2, 0) is 16.1 Å². The average molecular weight is 313 g/mol. The molecule has 0 aromatic heterocycles. The van der Waals surface area contributed by atoms with Gasteiger partial charge in [0.25, 0.3) is 5.91 Å².